The van der Waals surface area contributed by atoms with Crippen molar-refractivity contribution in [2.45, 2.75) is 25.2 Å². The highest BCUT2D eigenvalue weighted by atomic mass is 32.2. The highest BCUT2D eigenvalue weighted by molar-refractivity contribution is 7.91. The third-order valence-electron chi connectivity index (χ3n) is 5.02. The van der Waals surface area contributed by atoms with Gasteiger partial charge in [-0.15, -0.1) is 10.2 Å². The Morgan fingerprint density at radius 1 is 1.21 bits per heavy atom. The topological polar surface area (TPSA) is 84.6 Å². The van der Waals surface area contributed by atoms with Crippen LogP contribution in [0.2, 0.25) is 0 Å². The molecule has 2 fully saturated rings. The Bertz CT molecular complexity index is 876. The van der Waals surface area contributed by atoms with Crippen molar-refractivity contribution in [3.8, 4) is 0 Å². The lowest BCUT2D eigenvalue weighted by molar-refractivity contribution is -0.136. The summed E-state index contributed by atoms with van der Waals surface area (Å²) in [4.78, 5) is 14.5. The quantitative estimate of drug-likeness (QED) is 0.804. The van der Waals surface area contributed by atoms with Crippen molar-refractivity contribution in [1.29, 1.82) is 0 Å². The predicted octanol–water partition coefficient (Wildman–Crippen LogP) is 0.870. The zero-order valence-corrected chi connectivity index (χ0v) is 14.2. The first kappa shape index (κ1) is 15.6. The maximum absolute atomic E-state index is 12.7. The molecule has 0 aliphatic carbocycles. The second-order valence-corrected chi connectivity index (χ2v) is 8.94. The van der Waals surface area contributed by atoms with Gasteiger partial charge in [-0.1, -0.05) is 6.07 Å². The van der Waals surface area contributed by atoms with E-state index < -0.39 is 9.84 Å². The monoisotopic (exact) mass is 348 g/mol. The van der Waals surface area contributed by atoms with Gasteiger partial charge in [-0.2, -0.15) is 0 Å². The highest BCUT2D eigenvalue weighted by Crippen LogP contribution is 2.29. The maximum atomic E-state index is 12.7. The van der Waals surface area contributed by atoms with Gasteiger partial charge in [0.2, 0.25) is 5.91 Å². The molecule has 2 atom stereocenters. The van der Waals surface area contributed by atoms with Gasteiger partial charge in [0.05, 0.1) is 17.4 Å². The number of nitrogens with zero attached hydrogens (tertiary/aromatic N) is 4. The Kier molecular flexibility index (Phi) is 3.79. The highest BCUT2D eigenvalue weighted by Gasteiger charge is 2.37. The molecule has 0 radical (unpaired) electrons. The average molecular weight is 348 g/mol. The van der Waals surface area contributed by atoms with E-state index in [9.17, 15) is 13.2 Å². The molecule has 2 saturated heterocycles. The molecule has 24 heavy (non-hydrogen) atoms. The fourth-order valence-electron chi connectivity index (χ4n) is 3.77. The maximum Gasteiger partial charge on any atom is 0.226 e. The number of aromatic nitrogens is 3. The van der Waals surface area contributed by atoms with Gasteiger partial charge < -0.3 is 4.90 Å². The van der Waals surface area contributed by atoms with Crippen molar-refractivity contribution >= 4 is 21.4 Å². The second kappa shape index (κ2) is 5.84. The SMILES string of the molecule is O=C([C@H]1CCS(=O)(=O)C1)N1CCC[C@@H](c2nnc3ccccn23)C1. The van der Waals surface area contributed by atoms with Crippen LogP contribution in [0.3, 0.4) is 0 Å². The van der Waals surface area contributed by atoms with E-state index >= 15 is 0 Å². The normalized spacial score (nSPS) is 26.8. The number of hydrogen-bond donors (Lipinski definition) is 0. The van der Waals surface area contributed by atoms with Crippen LogP contribution in [0.25, 0.3) is 5.65 Å². The summed E-state index contributed by atoms with van der Waals surface area (Å²) in [6.07, 6.45) is 4.26. The van der Waals surface area contributed by atoms with Crippen molar-refractivity contribution in [2.24, 2.45) is 5.92 Å². The summed E-state index contributed by atoms with van der Waals surface area (Å²) < 4.78 is 25.2. The summed E-state index contributed by atoms with van der Waals surface area (Å²) >= 11 is 0. The third-order valence-corrected chi connectivity index (χ3v) is 6.79. The number of likely N-dealkylation sites (tertiary alicyclic amines) is 1. The van der Waals surface area contributed by atoms with Crippen LogP contribution in [0.15, 0.2) is 24.4 Å². The zero-order chi connectivity index (χ0) is 16.7. The molecule has 7 nitrogen and oxygen atoms in total. The van der Waals surface area contributed by atoms with E-state index in [0.717, 1.165) is 24.3 Å². The molecule has 4 rings (SSSR count). The van der Waals surface area contributed by atoms with Crippen LogP contribution in [-0.4, -0.2) is 58.4 Å². The third kappa shape index (κ3) is 2.79. The number of amides is 1. The van der Waals surface area contributed by atoms with E-state index in [4.69, 9.17) is 0 Å². The Hall–Kier alpha value is -1.96. The fourth-order valence-corrected chi connectivity index (χ4v) is 5.51. The molecule has 2 aliphatic heterocycles. The number of piperidine rings is 1. The Morgan fingerprint density at radius 2 is 2.08 bits per heavy atom. The van der Waals surface area contributed by atoms with Crippen LogP contribution in [-0.2, 0) is 14.6 Å². The van der Waals surface area contributed by atoms with E-state index in [-0.39, 0.29) is 29.2 Å². The van der Waals surface area contributed by atoms with Gasteiger partial charge >= 0.3 is 0 Å². The number of fused-ring (bicyclic) bond motifs is 1. The van der Waals surface area contributed by atoms with Crippen LogP contribution < -0.4 is 0 Å². The minimum absolute atomic E-state index is 0.000856. The molecule has 1 amide bonds. The fraction of sp³-hybridized carbons (Fsp3) is 0.562. The van der Waals surface area contributed by atoms with Crippen LogP contribution in [0.1, 0.15) is 31.0 Å². The summed E-state index contributed by atoms with van der Waals surface area (Å²) in [6, 6.07) is 5.77. The standard InChI is InChI=1S/C16H20N4O3S/c21-16(13-6-9-24(22,23)11-13)19-7-3-4-12(10-19)15-18-17-14-5-1-2-8-20(14)15/h1-2,5,8,12-13H,3-4,6-7,9-11H2/t12-,13+/m1/s1. The van der Waals surface area contributed by atoms with Gasteiger partial charge in [-0.3, -0.25) is 9.20 Å². The van der Waals surface area contributed by atoms with E-state index in [1.807, 2.05) is 33.7 Å². The van der Waals surface area contributed by atoms with Gasteiger partial charge in [0, 0.05) is 25.2 Å². The summed E-state index contributed by atoms with van der Waals surface area (Å²) in [7, 11) is -3.04. The number of pyridine rings is 1. The number of sulfone groups is 1. The van der Waals surface area contributed by atoms with Gasteiger partial charge in [0.15, 0.2) is 15.5 Å². The van der Waals surface area contributed by atoms with E-state index in [0.29, 0.717) is 19.5 Å². The van der Waals surface area contributed by atoms with Crippen molar-refractivity contribution in [3.63, 3.8) is 0 Å². The second-order valence-electron chi connectivity index (χ2n) is 6.71. The molecule has 0 saturated carbocycles. The minimum Gasteiger partial charge on any atom is -0.342 e. The van der Waals surface area contributed by atoms with Crippen LogP contribution in [0.5, 0.6) is 0 Å². The molecular weight excluding hydrogens is 328 g/mol. The first-order valence-corrected chi connectivity index (χ1v) is 10.1. The van der Waals surface area contributed by atoms with Crippen molar-refractivity contribution in [1.82, 2.24) is 19.5 Å². The van der Waals surface area contributed by atoms with E-state index in [1.165, 1.54) is 0 Å². The van der Waals surface area contributed by atoms with Gasteiger partial charge in [0.25, 0.3) is 0 Å². The molecule has 0 N–H and O–H groups in total. The van der Waals surface area contributed by atoms with Gasteiger partial charge in [0.1, 0.15) is 5.82 Å². The molecule has 4 heterocycles. The van der Waals surface area contributed by atoms with Crippen LogP contribution in [0, 0.1) is 5.92 Å². The summed E-state index contributed by atoms with van der Waals surface area (Å²) in [5, 5.41) is 8.50. The van der Waals surface area contributed by atoms with Crippen LogP contribution in [0.4, 0.5) is 0 Å². The molecule has 2 aliphatic rings. The summed E-state index contributed by atoms with van der Waals surface area (Å²) in [6.45, 7) is 1.29. The van der Waals surface area contributed by atoms with Gasteiger partial charge in [-0.05, 0) is 31.4 Å². The number of hydrogen-bond acceptors (Lipinski definition) is 5. The lowest BCUT2D eigenvalue weighted by Crippen LogP contribution is -2.43. The van der Waals surface area contributed by atoms with E-state index in [1.54, 1.807) is 0 Å². The largest absolute Gasteiger partial charge is 0.342 e. The first-order chi connectivity index (χ1) is 11.5. The number of carbonyl (C=O) groups is 1. The van der Waals surface area contributed by atoms with Gasteiger partial charge in [-0.25, -0.2) is 8.42 Å². The van der Waals surface area contributed by atoms with Crippen molar-refractivity contribution in [2.75, 3.05) is 24.6 Å². The Morgan fingerprint density at radius 3 is 2.88 bits per heavy atom. The number of rotatable bonds is 2. The Balaban J connectivity index is 1.53. The molecule has 2 aromatic heterocycles. The van der Waals surface area contributed by atoms with Crippen LogP contribution >= 0.6 is 0 Å². The lowest BCUT2D eigenvalue weighted by Gasteiger charge is -2.33. The molecular formula is C16H20N4O3S. The summed E-state index contributed by atoms with van der Waals surface area (Å²) in [5.41, 5.74) is 0.804. The first-order valence-electron chi connectivity index (χ1n) is 8.32. The smallest absolute Gasteiger partial charge is 0.226 e. The van der Waals surface area contributed by atoms with E-state index in [2.05, 4.69) is 10.2 Å². The zero-order valence-electron chi connectivity index (χ0n) is 13.3. The van der Waals surface area contributed by atoms with Crippen molar-refractivity contribution in [3.05, 3.63) is 30.2 Å². The number of carbonyl (C=O) groups excluding carboxylic acids is 1. The Labute approximate surface area is 140 Å². The average Bonchev–Trinajstić information content (AvgIpc) is 3.17. The van der Waals surface area contributed by atoms with Crippen molar-refractivity contribution < 1.29 is 13.2 Å². The molecule has 8 heteroatoms. The minimum atomic E-state index is -3.04. The lowest BCUT2D eigenvalue weighted by atomic mass is 9.95. The predicted molar refractivity (Wildman–Crippen MR) is 88.3 cm³/mol. The molecule has 128 valence electrons. The molecule has 0 bridgehead atoms. The molecule has 0 spiro atoms. The molecule has 0 aromatic carbocycles. The summed E-state index contributed by atoms with van der Waals surface area (Å²) in [5.74, 6) is 0.759. The molecule has 0 unspecified atom stereocenters. The molecule has 2 aromatic rings.